The Kier molecular flexibility index (Phi) is 4.78. The van der Waals surface area contributed by atoms with E-state index in [0.717, 1.165) is 54.3 Å². The van der Waals surface area contributed by atoms with Gasteiger partial charge in [-0.1, -0.05) is 35.1 Å². The number of hydrogen-bond donors (Lipinski definition) is 0. The first-order valence-corrected chi connectivity index (χ1v) is 9.56. The first kappa shape index (κ1) is 16.6. The van der Waals surface area contributed by atoms with E-state index in [4.69, 9.17) is 16.3 Å². The van der Waals surface area contributed by atoms with Gasteiger partial charge in [0.1, 0.15) is 12.4 Å². The molecule has 4 rings (SSSR count). The van der Waals surface area contributed by atoms with Crippen molar-refractivity contribution in [3.63, 3.8) is 0 Å². The van der Waals surface area contributed by atoms with E-state index in [0.29, 0.717) is 11.6 Å². The predicted molar refractivity (Wildman–Crippen MR) is 101 cm³/mol. The third kappa shape index (κ3) is 3.73. The van der Waals surface area contributed by atoms with Gasteiger partial charge < -0.3 is 9.64 Å². The molecule has 1 fully saturated rings. The van der Waals surface area contributed by atoms with Gasteiger partial charge in [-0.3, -0.25) is 4.90 Å². The third-order valence-corrected chi connectivity index (χ3v) is 5.59. The van der Waals surface area contributed by atoms with Gasteiger partial charge in [0, 0.05) is 32.7 Å². The predicted octanol–water partition coefficient (Wildman–Crippen LogP) is 2.95. The van der Waals surface area contributed by atoms with Gasteiger partial charge >= 0.3 is 0 Å². The SMILES string of the molecule is Cc1cn2nc(N3CCN(CCOc4ccccc4Cl)CC3)sc2n1. The highest BCUT2D eigenvalue weighted by Gasteiger charge is 2.20. The molecular formula is C17H20ClN5OS. The minimum Gasteiger partial charge on any atom is -0.491 e. The topological polar surface area (TPSA) is 45.9 Å². The monoisotopic (exact) mass is 377 g/mol. The van der Waals surface area contributed by atoms with Crippen molar-refractivity contribution in [1.82, 2.24) is 19.5 Å². The van der Waals surface area contributed by atoms with Gasteiger partial charge in [-0.25, -0.2) is 9.50 Å². The van der Waals surface area contributed by atoms with Crippen LogP contribution >= 0.6 is 22.9 Å². The van der Waals surface area contributed by atoms with E-state index in [1.165, 1.54) is 0 Å². The molecule has 0 bridgehead atoms. The Morgan fingerprint density at radius 1 is 1.20 bits per heavy atom. The fourth-order valence-corrected chi connectivity index (χ4v) is 4.11. The first-order valence-electron chi connectivity index (χ1n) is 8.36. The Balaban J connectivity index is 1.26. The molecule has 0 radical (unpaired) electrons. The summed E-state index contributed by atoms with van der Waals surface area (Å²) in [7, 11) is 0. The van der Waals surface area contributed by atoms with E-state index in [1.54, 1.807) is 11.3 Å². The standard InChI is InChI=1S/C17H20ClN5OS/c1-13-12-23-16(19-13)25-17(20-23)22-8-6-21(7-9-22)10-11-24-15-5-3-2-4-14(15)18/h2-5,12H,6-11H2,1H3. The maximum atomic E-state index is 6.11. The number of benzene rings is 1. The van der Waals surface area contributed by atoms with Crippen LogP contribution in [-0.4, -0.2) is 58.8 Å². The zero-order valence-corrected chi connectivity index (χ0v) is 15.6. The second-order valence-electron chi connectivity index (χ2n) is 6.10. The van der Waals surface area contributed by atoms with Crippen molar-refractivity contribution in [2.75, 3.05) is 44.2 Å². The Labute approximate surface area is 155 Å². The maximum Gasteiger partial charge on any atom is 0.214 e. The lowest BCUT2D eigenvalue weighted by atomic mass is 10.3. The number of fused-ring (bicyclic) bond motifs is 1. The van der Waals surface area contributed by atoms with Gasteiger partial charge in [-0.15, -0.1) is 5.10 Å². The van der Waals surface area contributed by atoms with Gasteiger partial charge in [-0.2, -0.15) is 0 Å². The van der Waals surface area contributed by atoms with Crippen molar-refractivity contribution in [2.45, 2.75) is 6.92 Å². The molecular weight excluding hydrogens is 358 g/mol. The van der Waals surface area contributed by atoms with E-state index < -0.39 is 0 Å². The normalized spacial score (nSPS) is 15.8. The van der Waals surface area contributed by atoms with E-state index in [1.807, 2.05) is 41.9 Å². The average Bonchev–Trinajstić information content (AvgIpc) is 3.14. The lowest BCUT2D eigenvalue weighted by Crippen LogP contribution is -2.47. The van der Waals surface area contributed by atoms with Crippen molar-refractivity contribution in [1.29, 1.82) is 0 Å². The van der Waals surface area contributed by atoms with Crippen LogP contribution in [0.15, 0.2) is 30.5 Å². The Morgan fingerprint density at radius 2 is 2.00 bits per heavy atom. The molecule has 1 aromatic carbocycles. The number of imidazole rings is 1. The van der Waals surface area contributed by atoms with Crippen LogP contribution in [0.5, 0.6) is 5.75 Å². The number of para-hydroxylation sites is 1. The van der Waals surface area contributed by atoms with E-state index in [-0.39, 0.29) is 0 Å². The fraction of sp³-hybridized carbons (Fsp3) is 0.412. The first-order chi connectivity index (χ1) is 12.2. The van der Waals surface area contributed by atoms with Crippen LogP contribution in [0.4, 0.5) is 5.13 Å². The van der Waals surface area contributed by atoms with Crippen LogP contribution in [0.2, 0.25) is 5.02 Å². The number of halogens is 1. The number of rotatable bonds is 5. The molecule has 132 valence electrons. The number of piperazine rings is 1. The highest BCUT2D eigenvalue weighted by Crippen LogP contribution is 2.25. The molecule has 0 saturated carbocycles. The molecule has 8 heteroatoms. The summed E-state index contributed by atoms with van der Waals surface area (Å²) in [6.07, 6.45) is 1.97. The van der Waals surface area contributed by atoms with Crippen LogP contribution in [0.25, 0.3) is 4.96 Å². The van der Waals surface area contributed by atoms with Gasteiger partial charge in [-0.05, 0) is 19.1 Å². The van der Waals surface area contributed by atoms with Crippen molar-refractivity contribution in [3.05, 3.63) is 41.2 Å². The van der Waals surface area contributed by atoms with Crippen LogP contribution < -0.4 is 9.64 Å². The van der Waals surface area contributed by atoms with Gasteiger partial charge in [0.05, 0.1) is 16.9 Å². The summed E-state index contributed by atoms with van der Waals surface area (Å²) in [6, 6.07) is 7.60. The number of anilines is 1. The van der Waals surface area contributed by atoms with E-state index >= 15 is 0 Å². The minimum atomic E-state index is 0.647. The lowest BCUT2D eigenvalue weighted by Gasteiger charge is -2.34. The number of nitrogens with zero attached hydrogens (tertiary/aromatic N) is 5. The largest absolute Gasteiger partial charge is 0.491 e. The molecule has 0 N–H and O–H groups in total. The summed E-state index contributed by atoms with van der Waals surface area (Å²) < 4.78 is 7.66. The smallest absolute Gasteiger partial charge is 0.214 e. The molecule has 0 unspecified atom stereocenters. The van der Waals surface area contributed by atoms with Crippen molar-refractivity contribution >= 4 is 33.0 Å². The van der Waals surface area contributed by atoms with Gasteiger partial charge in [0.15, 0.2) is 0 Å². The molecule has 1 aliphatic heterocycles. The van der Waals surface area contributed by atoms with Gasteiger partial charge in [0.25, 0.3) is 0 Å². The molecule has 3 aromatic rings. The minimum absolute atomic E-state index is 0.647. The van der Waals surface area contributed by atoms with Crippen LogP contribution in [0.1, 0.15) is 5.69 Å². The van der Waals surface area contributed by atoms with Crippen molar-refractivity contribution in [3.8, 4) is 5.75 Å². The fourth-order valence-electron chi connectivity index (χ4n) is 2.94. The quantitative estimate of drug-likeness (QED) is 0.684. The zero-order valence-electron chi connectivity index (χ0n) is 14.1. The molecule has 1 saturated heterocycles. The second-order valence-corrected chi connectivity index (χ2v) is 7.44. The number of hydrogen-bond acceptors (Lipinski definition) is 6. The van der Waals surface area contributed by atoms with Gasteiger partial charge in [0.2, 0.25) is 10.1 Å². The molecule has 3 heterocycles. The Morgan fingerprint density at radius 3 is 2.76 bits per heavy atom. The summed E-state index contributed by atoms with van der Waals surface area (Å²) in [5, 5.41) is 6.35. The molecule has 1 aliphatic rings. The highest BCUT2D eigenvalue weighted by atomic mass is 35.5. The Bertz CT molecular complexity index is 824. The molecule has 25 heavy (non-hydrogen) atoms. The summed E-state index contributed by atoms with van der Waals surface area (Å²) in [5.41, 5.74) is 1.01. The zero-order chi connectivity index (χ0) is 17.2. The highest BCUT2D eigenvalue weighted by molar-refractivity contribution is 7.20. The number of aromatic nitrogens is 3. The van der Waals surface area contributed by atoms with Crippen LogP contribution in [0.3, 0.4) is 0 Å². The molecule has 0 amide bonds. The van der Waals surface area contributed by atoms with Crippen molar-refractivity contribution in [2.24, 2.45) is 0 Å². The van der Waals surface area contributed by atoms with E-state index in [9.17, 15) is 0 Å². The molecule has 0 atom stereocenters. The molecule has 0 aliphatic carbocycles. The summed E-state index contributed by atoms with van der Waals surface area (Å²) in [4.78, 5) is 10.2. The Hall–Kier alpha value is -1.83. The number of ether oxygens (including phenoxy) is 1. The maximum absolute atomic E-state index is 6.11. The molecule has 6 nitrogen and oxygen atoms in total. The molecule has 2 aromatic heterocycles. The number of aryl methyl sites for hydroxylation is 1. The summed E-state index contributed by atoms with van der Waals surface area (Å²) in [5.74, 6) is 0.754. The third-order valence-electron chi connectivity index (χ3n) is 4.30. The summed E-state index contributed by atoms with van der Waals surface area (Å²) in [6.45, 7) is 7.50. The summed E-state index contributed by atoms with van der Waals surface area (Å²) >= 11 is 7.76. The van der Waals surface area contributed by atoms with E-state index in [2.05, 4.69) is 19.9 Å². The van der Waals surface area contributed by atoms with Crippen LogP contribution in [0, 0.1) is 6.92 Å². The average molecular weight is 378 g/mol. The lowest BCUT2D eigenvalue weighted by molar-refractivity contribution is 0.200. The second kappa shape index (κ2) is 7.19. The van der Waals surface area contributed by atoms with Crippen molar-refractivity contribution < 1.29 is 4.74 Å². The molecule has 0 spiro atoms. The van der Waals surface area contributed by atoms with Crippen LogP contribution in [-0.2, 0) is 0 Å².